The lowest BCUT2D eigenvalue weighted by molar-refractivity contribution is 0.503. The Morgan fingerprint density at radius 1 is 1.27 bits per heavy atom. The van der Waals surface area contributed by atoms with Crippen LogP contribution in [0.1, 0.15) is 32.6 Å². The first kappa shape index (κ1) is 11.3. The second-order valence-electron chi connectivity index (χ2n) is 2.31. The monoisotopic (exact) mass is 198 g/mol. The molecular weight excluding hydrogens is 184 g/mol. The Morgan fingerprint density at radius 3 is 2.36 bits per heavy atom. The number of hydrogen-bond donors (Lipinski definition) is 1. The van der Waals surface area contributed by atoms with E-state index in [1.54, 1.807) is 0 Å². The van der Waals surface area contributed by atoms with E-state index in [2.05, 4.69) is 6.92 Å². The number of unbranched alkanes of at least 4 members (excludes halogenated alkanes) is 3. The lowest BCUT2D eigenvalue weighted by Gasteiger charge is -1.96. The summed E-state index contributed by atoms with van der Waals surface area (Å²) in [6.07, 6.45) is 4.17. The summed E-state index contributed by atoms with van der Waals surface area (Å²) in [7, 11) is -3.18. The molecule has 0 aliphatic heterocycles. The van der Waals surface area contributed by atoms with Crippen LogP contribution in [0.2, 0.25) is 0 Å². The molecule has 0 amide bonds. The molecule has 0 saturated carbocycles. The van der Waals surface area contributed by atoms with Crippen molar-refractivity contribution >= 4 is 19.9 Å². The first-order valence-electron chi connectivity index (χ1n) is 3.68. The van der Waals surface area contributed by atoms with Gasteiger partial charge >= 0.3 is 9.15 Å². The Hall–Kier alpha value is 0.260. The summed E-state index contributed by atoms with van der Waals surface area (Å²) < 4.78 is 28.7. The van der Waals surface area contributed by atoms with Gasteiger partial charge in [0.15, 0.2) is 0 Å². The molecule has 1 N–H and O–H groups in total. The molecule has 11 heavy (non-hydrogen) atoms. The Balaban J connectivity index is 3.16. The van der Waals surface area contributed by atoms with E-state index in [1.165, 1.54) is 0 Å². The zero-order valence-corrected chi connectivity index (χ0v) is 8.25. The van der Waals surface area contributed by atoms with Crippen LogP contribution in [0.5, 0.6) is 0 Å². The second kappa shape index (κ2) is 5.85. The van der Waals surface area contributed by atoms with Crippen molar-refractivity contribution in [3.05, 3.63) is 0 Å². The van der Waals surface area contributed by atoms with Gasteiger partial charge in [-0.15, -0.1) is 0 Å². The second-order valence-corrected chi connectivity index (χ2v) is 5.78. The number of hydrogen-bond acceptors (Lipinski definition) is 3. The predicted octanol–water partition coefficient (Wildman–Crippen LogP) is 2.10. The molecule has 0 radical (unpaired) electrons. The Kier molecular flexibility index (Phi) is 5.99. The highest BCUT2D eigenvalue weighted by atomic mass is 33.1. The normalized spacial score (nSPS) is 11.8. The molecule has 0 heterocycles. The SMILES string of the molecule is CCCCCCSS(=O)(=O)O. The van der Waals surface area contributed by atoms with Crippen molar-refractivity contribution in [2.45, 2.75) is 32.6 Å². The summed E-state index contributed by atoms with van der Waals surface area (Å²) >= 11 is 0. The summed E-state index contributed by atoms with van der Waals surface area (Å²) in [5.74, 6) is 0.499. The van der Waals surface area contributed by atoms with Gasteiger partial charge in [0.05, 0.1) is 0 Å². The molecule has 3 nitrogen and oxygen atoms in total. The topological polar surface area (TPSA) is 54.4 Å². The molecule has 0 saturated heterocycles. The van der Waals surface area contributed by atoms with Crippen molar-refractivity contribution in [3.63, 3.8) is 0 Å². The zero-order valence-electron chi connectivity index (χ0n) is 6.62. The molecule has 0 aromatic heterocycles. The molecule has 0 aliphatic rings. The average molecular weight is 198 g/mol. The average Bonchev–Trinajstić information content (AvgIpc) is 1.85. The minimum atomic E-state index is -3.79. The van der Waals surface area contributed by atoms with Crippen LogP contribution >= 0.6 is 10.8 Å². The maximum Gasteiger partial charge on any atom is 0.319 e. The van der Waals surface area contributed by atoms with Crippen molar-refractivity contribution in [1.82, 2.24) is 0 Å². The fourth-order valence-corrected chi connectivity index (χ4v) is 2.21. The highest BCUT2D eigenvalue weighted by molar-refractivity contribution is 8.69. The Labute approximate surface area is 71.7 Å². The van der Waals surface area contributed by atoms with Gasteiger partial charge in [-0.05, 0) is 17.2 Å². The van der Waals surface area contributed by atoms with Crippen LogP contribution in [0.25, 0.3) is 0 Å². The van der Waals surface area contributed by atoms with E-state index >= 15 is 0 Å². The molecule has 0 unspecified atom stereocenters. The molecule has 0 bridgehead atoms. The van der Waals surface area contributed by atoms with Gasteiger partial charge in [0.2, 0.25) is 0 Å². The Morgan fingerprint density at radius 2 is 1.91 bits per heavy atom. The predicted molar refractivity (Wildman–Crippen MR) is 48.1 cm³/mol. The summed E-state index contributed by atoms with van der Waals surface area (Å²) in [6.45, 7) is 2.09. The summed E-state index contributed by atoms with van der Waals surface area (Å²) in [6, 6.07) is 0. The fraction of sp³-hybridized carbons (Fsp3) is 1.00. The molecule has 0 spiro atoms. The Bertz CT molecular complexity index is 174. The molecule has 68 valence electrons. The molecule has 0 fully saturated rings. The lowest BCUT2D eigenvalue weighted by Crippen LogP contribution is -1.91. The van der Waals surface area contributed by atoms with Gasteiger partial charge in [-0.3, -0.25) is 4.55 Å². The standard InChI is InChI=1S/C6H14O3S2/c1-2-3-4-5-6-10-11(7,8)9/h2-6H2,1H3,(H,7,8,9). The van der Waals surface area contributed by atoms with Gasteiger partial charge in [0, 0.05) is 5.75 Å². The zero-order chi connectivity index (χ0) is 8.74. The molecule has 0 rings (SSSR count). The van der Waals surface area contributed by atoms with E-state index in [9.17, 15) is 8.42 Å². The van der Waals surface area contributed by atoms with E-state index in [0.717, 1.165) is 25.7 Å². The molecule has 5 heteroatoms. The van der Waals surface area contributed by atoms with Crippen LogP contribution in [0.4, 0.5) is 0 Å². The summed E-state index contributed by atoms with van der Waals surface area (Å²) in [5, 5.41) is 0. The van der Waals surface area contributed by atoms with Gasteiger partial charge in [-0.2, -0.15) is 8.42 Å². The van der Waals surface area contributed by atoms with Crippen LogP contribution in [0.15, 0.2) is 0 Å². The summed E-state index contributed by atoms with van der Waals surface area (Å²) in [4.78, 5) is 0. The van der Waals surface area contributed by atoms with Crippen molar-refractivity contribution in [3.8, 4) is 0 Å². The smallest absolute Gasteiger partial charge is 0.277 e. The molecule has 0 aromatic carbocycles. The van der Waals surface area contributed by atoms with Gasteiger partial charge in [-0.25, -0.2) is 0 Å². The fourth-order valence-electron chi connectivity index (χ4n) is 0.693. The first-order valence-corrected chi connectivity index (χ1v) is 6.62. The van der Waals surface area contributed by atoms with Crippen LogP contribution in [0, 0.1) is 0 Å². The minimum absolute atomic E-state index is 0.499. The maximum atomic E-state index is 10.2. The van der Waals surface area contributed by atoms with Crippen LogP contribution < -0.4 is 0 Å². The van der Waals surface area contributed by atoms with Gasteiger partial charge in [0.1, 0.15) is 0 Å². The van der Waals surface area contributed by atoms with Crippen molar-refractivity contribution in [1.29, 1.82) is 0 Å². The third-order valence-electron chi connectivity index (χ3n) is 1.23. The van der Waals surface area contributed by atoms with Gasteiger partial charge in [0.25, 0.3) is 0 Å². The van der Waals surface area contributed by atoms with E-state index in [0.29, 0.717) is 16.5 Å². The molecule has 0 aromatic rings. The first-order chi connectivity index (χ1) is 5.06. The van der Waals surface area contributed by atoms with Crippen molar-refractivity contribution in [2.24, 2.45) is 0 Å². The van der Waals surface area contributed by atoms with Crippen LogP contribution in [-0.2, 0) is 9.15 Å². The molecular formula is C6H14O3S2. The maximum absolute atomic E-state index is 10.2. The van der Waals surface area contributed by atoms with Crippen molar-refractivity contribution in [2.75, 3.05) is 5.75 Å². The molecule has 0 aliphatic carbocycles. The highest BCUT2D eigenvalue weighted by Gasteiger charge is 2.02. The quantitative estimate of drug-likeness (QED) is 0.403. The highest BCUT2D eigenvalue weighted by Crippen LogP contribution is 2.12. The van der Waals surface area contributed by atoms with E-state index < -0.39 is 9.15 Å². The van der Waals surface area contributed by atoms with Crippen LogP contribution in [0.3, 0.4) is 0 Å². The van der Waals surface area contributed by atoms with E-state index in [-0.39, 0.29) is 0 Å². The third-order valence-corrected chi connectivity index (χ3v) is 3.38. The van der Waals surface area contributed by atoms with Gasteiger partial charge in [-0.1, -0.05) is 26.2 Å². The van der Waals surface area contributed by atoms with E-state index in [1.807, 2.05) is 0 Å². The summed E-state index contributed by atoms with van der Waals surface area (Å²) in [5.41, 5.74) is 0. The third kappa shape index (κ3) is 10.3. The number of rotatable bonds is 6. The van der Waals surface area contributed by atoms with Crippen molar-refractivity contribution < 1.29 is 13.0 Å². The lowest BCUT2D eigenvalue weighted by atomic mass is 10.2. The van der Waals surface area contributed by atoms with E-state index in [4.69, 9.17) is 4.55 Å². The molecule has 0 atom stereocenters. The minimum Gasteiger partial charge on any atom is -0.277 e. The van der Waals surface area contributed by atoms with Gasteiger partial charge < -0.3 is 0 Å². The van der Waals surface area contributed by atoms with Crippen LogP contribution in [-0.4, -0.2) is 18.7 Å². The largest absolute Gasteiger partial charge is 0.319 e.